The Morgan fingerprint density at radius 3 is 2.80 bits per heavy atom. The minimum Gasteiger partial charge on any atom is -0.493 e. The first-order valence-electron chi connectivity index (χ1n) is 6.90. The molecule has 1 aromatic heterocycles. The molecule has 0 N–H and O–H groups in total. The topological polar surface area (TPSA) is 57.0 Å². The van der Waals surface area contributed by atoms with Crippen LogP contribution in [-0.4, -0.2) is 27.9 Å². The lowest BCUT2D eigenvalue weighted by molar-refractivity contribution is 0.111. The maximum absolute atomic E-state index is 11.0. The van der Waals surface area contributed by atoms with Crippen LogP contribution in [0, 0.1) is 0 Å². The third-order valence-electron chi connectivity index (χ3n) is 3.05. The molecule has 0 amide bonds. The number of para-hydroxylation sites is 1. The summed E-state index contributed by atoms with van der Waals surface area (Å²) in [6.45, 7) is 3.41. The first-order valence-corrected chi connectivity index (χ1v) is 6.90. The van der Waals surface area contributed by atoms with Crippen molar-refractivity contribution in [2.24, 2.45) is 0 Å². The Hall–Kier alpha value is -2.17. The van der Waals surface area contributed by atoms with Gasteiger partial charge in [-0.1, -0.05) is 36.8 Å². The lowest BCUT2D eigenvalue weighted by Crippen LogP contribution is -2.10. The summed E-state index contributed by atoms with van der Waals surface area (Å²) < 4.78 is 7.46. The molecule has 0 bridgehead atoms. The smallest absolute Gasteiger partial charge is 0.172 e. The highest BCUT2D eigenvalue weighted by Crippen LogP contribution is 2.11. The zero-order chi connectivity index (χ0) is 14.2. The maximum atomic E-state index is 11.0. The summed E-state index contributed by atoms with van der Waals surface area (Å²) in [7, 11) is 0. The highest BCUT2D eigenvalue weighted by atomic mass is 16.5. The Kier molecular flexibility index (Phi) is 5.29. The van der Waals surface area contributed by atoms with E-state index in [1.54, 1.807) is 0 Å². The van der Waals surface area contributed by atoms with Gasteiger partial charge in [0.15, 0.2) is 6.29 Å². The van der Waals surface area contributed by atoms with Crippen molar-refractivity contribution in [3.05, 3.63) is 41.7 Å². The Bertz CT molecular complexity index is 537. The lowest BCUT2D eigenvalue weighted by Gasteiger charge is -2.08. The second-order valence-corrected chi connectivity index (χ2v) is 4.53. The molecule has 2 rings (SSSR count). The van der Waals surface area contributed by atoms with E-state index in [2.05, 4.69) is 17.2 Å². The molecule has 0 radical (unpaired) electrons. The molecule has 0 saturated heterocycles. The van der Waals surface area contributed by atoms with Gasteiger partial charge < -0.3 is 4.74 Å². The molecule has 20 heavy (non-hydrogen) atoms. The van der Waals surface area contributed by atoms with E-state index < -0.39 is 0 Å². The molecule has 5 nitrogen and oxygen atoms in total. The van der Waals surface area contributed by atoms with Crippen LogP contribution in [-0.2, 0) is 13.0 Å². The van der Waals surface area contributed by atoms with Crippen molar-refractivity contribution < 1.29 is 9.53 Å². The van der Waals surface area contributed by atoms with Crippen LogP contribution < -0.4 is 4.74 Å². The molecule has 0 spiro atoms. The first kappa shape index (κ1) is 14.2. The maximum Gasteiger partial charge on any atom is 0.172 e. The van der Waals surface area contributed by atoms with Gasteiger partial charge in [0.25, 0.3) is 0 Å². The lowest BCUT2D eigenvalue weighted by atomic mass is 10.2. The number of nitrogens with zero attached hydrogens (tertiary/aromatic N) is 3. The largest absolute Gasteiger partial charge is 0.493 e. The molecule has 106 valence electrons. The third-order valence-corrected chi connectivity index (χ3v) is 3.05. The first-order chi connectivity index (χ1) is 9.85. The number of aldehydes is 1. The quantitative estimate of drug-likeness (QED) is 0.693. The summed E-state index contributed by atoms with van der Waals surface area (Å²) in [6.07, 6.45) is 3.48. The van der Waals surface area contributed by atoms with Crippen LogP contribution in [0.3, 0.4) is 0 Å². The Morgan fingerprint density at radius 2 is 2.10 bits per heavy atom. The predicted octanol–water partition coefficient (Wildman–Crippen LogP) is 2.51. The molecular weight excluding hydrogens is 254 g/mol. The van der Waals surface area contributed by atoms with Crippen LogP contribution in [0.5, 0.6) is 5.75 Å². The molecular formula is C15H19N3O2. The number of ether oxygens (including phenoxy) is 1. The Labute approximate surface area is 118 Å². The molecule has 0 aliphatic rings. The van der Waals surface area contributed by atoms with Gasteiger partial charge in [-0.05, 0) is 18.6 Å². The molecule has 0 fully saturated rings. The van der Waals surface area contributed by atoms with Gasteiger partial charge >= 0.3 is 0 Å². The predicted molar refractivity (Wildman–Crippen MR) is 76.0 cm³/mol. The highest BCUT2D eigenvalue weighted by Gasteiger charge is 2.11. The standard InChI is InChI=1S/C15H19N3O2/c1-2-3-10-18-15(14(12-19)16-17-18)9-11-20-13-7-5-4-6-8-13/h4-8,12H,2-3,9-11H2,1H3. The third kappa shape index (κ3) is 3.66. The minimum absolute atomic E-state index is 0.415. The molecule has 2 aromatic rings. The van der Waals surface area contributed by atoms with Crippen molar-refractivity contribution >= 4 is 6.29 Å². The summed E-state index contributed by atoms with van der Waals surface area (Å²) in [6, 6.07) is 9.63. The molecule has 5 heteroatoms. The number of carbonyl (C=O) groups is 1. The van der Waals surface area contributed by atoms with Crippen LogP contribution >= 0.6 is 0 Å². The van der Waals surface area contributed by atoms with E-state index in [-0.39, 0.29) is 0 Å². The molecule has 1 aromatic carbocycles. The number of unbranched alkanes of at least 4 members (excludes halogenated alkanes) is 1. The van der Waals surface area contributed by atoms with Crippen molar-refractivity contribution in [1.29, 1.82) is 0 Å². The van der Waals surface area contributed by atoms with Gasteiger partial charge in [0, 0.05) is 13.0 Å². The van der Waals surface area contributed by atoms with E-state index >= 15 is 0 Å². The van der Waals surface area contributed by atoms with E-state index in [1.807, 2.05) is 35.0 Å². The average Bonchev–Trinajstić information content (AvgIpc) is 2.88. The molecule has 0 aliphatic heterocycles. The summed E-state index contributed by atoms with van der Waals surface area (Å²) in [5.41, 5.74) is 1.27. The zero-order valence-corrected chi connectivity index (χ0v) is 11.7. The second kappa shape index (κ2) is 7.43. The average molecular weight is 273 g/mol. The van der Waals surface area contributed by atoms with Gasteiger partial charge in [0.2, 0.25) is 0 Å². The van der Waals surface area contributed by atoms with E-state index in [4.69, 9.17) is 4.74 Å². The van der Waals surface area contributed by atoms with Crippen molar-refractivity contribution in [2.45, 2.75) is 32.7 Å². The van der Waals surface area contributed by atoms with Crippen LogP contribution in [0.25, 0.3) is 0 Å². The van der Waals surface area contributed by atoms with Gasteiger partial charge in [-0.3, -0.25) is 4.79 Å². The van der Waals surface area contributed by atoms with Crippen molar-refractivity contribution in [3.63, 3.8) is 0 Å². The normalized spacial score (nSPS) is 10.4. The number of hydrogen-bond donors (Lipinski definition) is 0. The van der Waals surface area contributed by atoms with Gasteiger partial charge in [-0.15, -0.1) is 5.10 Å². The summed E-state index contributed by atoms with van der Waals surface area (Å²) in [5.74, 6) is 0.827. The summed E-state index contributed by atoms with van der Waals surface area (Å²) >= 11 is 0. The summed E-state index contributed by atoms with van der Waals surface area (Å²) in [4.78, 5) is 11.0. The van der Waals surface area contributed by atoms with Crippen LogP contribution in [0.2, 0.25) is 0 Å². The van der Waals surface area contributed by atoms with Crippen molar-refractivity contribution in [2.75, 3.05) is 6.61 Å². The number of hydrogen-bond acceptors (Lipinski definition) is 4. The fourth-order valence-corrected chi connectivity index (χ4v) is 1.96. The van der Waals surface area contributed by atoms with Crippen LogP contribution in [0.15, 0.2) is 30.3 Å². The molecule has 0 unspecified atom stereocenters. The number of benzene rings is 1. The minimum atomic E-state index is 0.415. The fourth-order valence-electron chi connectivity index (χ4n) is 1.96. The van der Waals surface area contributed by atoms with Crippen molar-refractivity contribution in [3.8, 4) is 5.75 Å². The monoisotopic (exact) mass is 273 g/mol. The van der Waals surface area contributed by atoms with Crippen LogP contribution in [0.4, 0.5) is 0 Å². The molecule has 1 heterocycles. The molecule has 0 aliphatic carbocycles. The van der Waals surface area contributed by atoms with Gasteiger partial charge in [-0.2, -0.15) is 0 Å². The summed E-state index contributed by atoms with van der Waals surface area (Å²) in [5, 5.41) is 7.93. The van der Waals surface area contributed by atoms with Gasteiger partial charge in [0.1, 0.15) is 11.4 Å². The van der Waals surface area contributed by atoms with E-state index in [0.29, 0.717) is 18.7 Å². The molecule has 0 atom stereocenters. The van der Waals surface area contributed by atoms with Gasteiger partial charge in [0.05, 0.1) is 12.3 Å². The zero-order valence-electron chi connectivity index (χ0n) is 11.7. The SMILES string of the molecule is CCCCn1nnc(C=O)c1CCOc1ccccc1. The van der Waals surface area contributed by atoms with E-state index in [0.717, 1.165) is 37.1 Å². The number of carbonyl (C=O) groups excluding carboxylic acids is 1. The molecule has 0 saturated carbocycles. The number of aromatic nitrogens is 3. The fraction of sp³-hybridized carbons (Fsp3) is 0.400. The van der Waals surface area contributed by atoms with Crippen LogP contribution in [0.1, 0.15) is 35.9 Å². The van der Waals surface area contributed by atoms with Crippen molar-refractivity contribution in [1.82, 2.24) is 15.0 Å². The van der Waals surface area contributed by atoms with E-state index in [9.17, 15) is 4.79 Å². The Morgan fingerprint density at radius 1 is 1.30 bits per heavy atom. The van der Waals surface area contributed by atoms with Gasteiger partial charge in [-0.25, -0.2) is 4.68 Å². The number of rotatable bonds is 8. The Balaban J connectivity index is 1.97. The number of aryl methyl sites for hydroxylation is 1. The highest BCUT2D eigenvalue weighted by molar-refractivity contribution is 5.73. The second-order valence-electron chi connectivity index (χ2n) is 4.53. The van der Waals surface area contributed by atoms with E-state index in [1.165, 1.54) is 0 Å².